The van der Waals surface area contributed by atoms with Crippen molar-refractivity contribution in [3.63, 3.8) is 0 Å². The average Bonchev–Trinajstić information content (AvgIpc) is 3.10. The summed E-state index contributed by atoms with van der Waals surface area (Å²) in [7, 11) is 0. The molecule has 0 aromatic heterocycles. The molecule has 0 aliphatic heterocycles. The van der Waals surface area contributed by atoms with Crippen molar-refractivity contribution in [1.82, 2.24) is 0 Å². The lowest BCUT2D eigenvalue weighted by molar-refractivity contribution is 0.340. The largest absolute Gasteiger partial charge is 0.492 e. The normalized spacial score (nSPS) is 22.5. The van der Waals surface area contributed by atoms with Crippen LogP contribution >= 0.6 is 23.4 Å². The van der Waals surface area contributed by atoms with Gasteiger partial charge in [-0.1, -0.05) is 11.6 Å². The number of rotatable bonds is 6. The predicted octanol–water partition coefficient (Wildman–Crippen LogP) is 3.14. The third-order valence-electron chi connectivity index (χ3n) is 3.14. The summed E-state index contributed by atoms with van der Waals surface area (Å²) < 4.78 is 5.81. The molecule has 1 aliphatic carbocycles. The molecule has 1 aromatic rings. The zero-order valence-electron chi connectivity index (χ0n) is 9.99. The van der Waals surface area contributed by atoms with Gasteiger partial charge in [0.25, 0.3) is 0 Å². The fourth-order valence-electron chi connectivity index (χ4n) is 2.06. The van der Waals surface area contributed by atoms with Gasteiger partial charge in [0.2, 0.25) is 0 Å². The highest BCUT2D eigenvalue weighted by molar-refractivity contribution is 7.98. The smallest absolute Gasteiger partial charge is 0.122 e. The van der Waals surface area contributed by atoms with E-state index >= 15 is 0 Å². The van der Waals surface area contributed by atoms with Gasteiger partial charge in [-0.15, -0.1) is 0 Å². The SMILES string of the molecule is CSCCOc1ccc(Cl)cc1[C@H]1C[C@@H]1CN. The van der Waals surface area contributed by atoms with Gasteiger partial charge in [0.15, 0.2) is 0 Å². The molecule has 4 heteroatoms. The van der Waals surface area contributed by atoms with Crippen molar-refractivity contribution in [2.75, 3.05) is 25.2 Å². The van der Waals surface area contributed by atoms with Crippen molar-refractivity contribution in [3.8, 4) is 5.75 Å². The molecule has 0 heterocycles. The highest BCUT2D eigenvalue weighted by Crippen LogP contribution is 2.50. The molecular formula is C13H18ClNOS. The molecule has 2 rings (SSSR count). The third-order valence-corrected chi connectivity index (χ3v) is 3.95. The fraction of sp³-hybridized carbons (Fsp3) is 0.538. The standard InChI is InChI=1S/C13H18ClNOS/c1-17-5-4-16-13-3-2-10(14)7-12(13)11-6-9(11)8-15/h2-3,7,9,11H,4-6,8,15H2,1H3/t9-,11+/m1/s1. The van der Waals surface area contributed by atoms with Crippen molar-refractivity contribution in [3.05, 3.63) is 28.8 Å². The van der Waals surface area contributed by atoms with Gasteiger partial charge in [-0.05, 0) is 54.8 Å². The van der Waals surface area contributed by atoms with E-state index in [1.807, 2.05) is 18.2 Å². The molecule has 2 atom stereocenters. The van der Waals surface area contributed by atoms with Gasteiger partial charge >= 0.3 is 0 Å². The Morgan fingerprint density at radius 1 is 1.53 bits per heavy atom. The van der Waals surface area contributed by atoms with Crippen molar-refractivity contribution >= 4 is 23.4 Å². The molecule has 1 saturated carbocycles. The number of thioether (sulfide) groups is 1. The first-order valence-corrected chi connectivity index (χ1v) is 7.64. The number of hydrogen-bond acceptors (Lipinski definition) is 3. The fourth-order valence-corrected chi connectivity index (χ4v) is 2.50. The lowest BCUT2D eigenvalue weighted by atomic mass is 10.1. The van der Waals surface area contributed by atoms with E-state index in [1.54, 1.807) is 11.8 Å². The molecule has 17 heavy (non-hydrogen) atoms. The van der Waals surface area contributed by atoms with Crippen LogP contribution in [0.4, 0.5) is 0 Å². The van der Waals surface area contributed by atoms with Crippen molar-refractivity contribution in [1.29, 1.82) is 0 Å². The van der Waals surface area contributed by atoms with Crippen LogP contribution in [-0.4, -0.2) is 25.2 Å². The van der Waals surface area contributed by atoms with E-state index in [4.69, 9.17) is 22.1 Å². The Morgan fingerprint density at radius 3 is 3.00 bits per heavy atom. The Morgan fingerprint density at radius 2 is 2.35 bits per heavy atom. The summed E-state index contributed by atoms with van der Waals surface area (Å²) in [6.07, 6.45) is 3.24. The zero-order valence-corrected chi connectivity index (χ0v) is 11.6. The highest BCUT2D eigenvalue weighted by Gasteiger charge is 2.38. The number of hydrogen-bond donors (Lipinski definition) is 1. The van der Waals surface area contributed by atoms with E-state index in [0.29, 0.717) is 11.8 Å². The Labute approximate surface area is 112 Å². The van der Waals surface area contributed by atoms with Gasteiger partial charge in [0, 0.05) is 10.8 Å². The second kappa shape index (κ2) is 5.98. The Balaban J connectivity index is 2.08. The third kappa shape index (κ3) is 3.30. The van der Waals surface area contributed by atoms with Crippen molar-refractivity contribution < 1.29 is 4.74 Å². The molecule has 0 radical (unpaired) electrons. The lowest BCUT2D eigenvalue weighted by Crippen LogP contribution is -2.04. The molecule has 0 bridgehead atoms. The second-order valence-electron chi connectivity index (χ2n) is 4.36. The van der Waals surface area contributed by atoms with Gasteiger partial charge in [0.05, 0.1) is 6.61 Å². The maximum Gasteiger partial charge on any atom is 0.122 e. The Kier molecular flexibility index (Phi) is 4.60. The maximum absolute atomic E-state index is 6.05. The number of benzene rings is 1. The van der Waals surface area contributed by atoms with Crippen LogP contribution in [0.3, 0.4) is 0 Å². The van der Waals surface area contributed by atoms with E-state index in [-0.39, 0.29) is 0 Å². The second-order valence-corrected chi connectivity index (χ2v) is 5.78. The molecule has 2 nitrogen and oxygen atoms in total. The molecule has 2 N–H and O–H groups in total. The highest BCUT2D eigenvalue weighted by atomic mass is 35.5. The minimum absolute atomic E-state index is 0.544. The summed E-state index contributed by atoms with van der Waals surface area (Å²) >= 11 is 7.84. The number of halogens is 1. The van der Waals surface area contributed by atoms with Crippen LogP contribution in [0.15, 0.2) is 18.2 Å². The summed E-state index contributed by atoms with van der Waals surface area (Å²) in [5, 5.41) is 0.778. The van der Waals surface area contributed by atoms with Crippen LogP contribution in [0.1, 0.15) is 17.9 Å². The van der Waals surface area contributed by atoms with Crippen molar-refractivity contribution in [2.24, 2.45) is 11.7 Å². The summed E-state index contributed by atoms with van der Waals surface area (Å²) in [6.45, 7) is 1.50. The average molecular weight is 272 g/mol. The van der Waals surface area contributed by atoms with Gasteiger partial charge in [-0.25, -0.2) is 0 Å². The Hall–Kier alpha value is -0.380. The molecule has 1 fully saturated rings. The van der Waals surface area contributed by atoms with Crippen LogP contribution < -0.4 is 10.5 Å². The van der Waals surface area contributed by atoms with Gasteiger partial charge in [-0.2, -0.15) is 11.8 Å². The molecule has 0 amide bonds. The maximum atomic E-state index is 6.05. The van der Waals surface area contributed by atoms with Gasteiger partial charge in [-0.3, -0.25) is 0 Å². The quantitative estimate of drug-likeness (QED) is 0.808. The lowest BCUT2D eigenvalue weighted by Gasteiger charge is -2.11. The van der Waals surface area contributed by atoms with E-state index in [0.717, 1.165) is 36.1 Å². The first kappa shape index (κ1) is 13.1. The monoisotopic (exact) mass is 271 g/mol. The van der Waals surface area contributed by atoms with Gasteiger partial charge < -0.3 is 10.5 Å². The summed E-state index contributed by atoms with van der Waals surface area (Å²) in [5.74, 6) is 3.14. The summed E-state index contributed by atoms with van der Waals surface area (Å²) in [4.78, 5) is 0. The number of nitrogens with two attached hydrogens (primary N) is 1. The van der Waals surface area contributed by atoms with Crippen LogP contribution in [0.25, 0.3) is 0 Å². The minimum atomic E-state index is 0.544. The van der Waals surface area contributed by atoms with E-state index in [9.17, 15) is 0 Å². The van der Waals surface area contributed by atoms with Crippen LogP contribution in [-0.2, 0) is 0 Å². The molecule has 1 aromatic carbocycles. The van der Waals surface area contributed by atoms with Crippen LogP contribution in [0.5, 0.6) is 5.75 Å². The first-order chi connectivity index (χ1) is 8.26. The molecule has 94 valence electrons. The van der Waals surface area contributed by atoms with E-state index in [2.05, 4.69) is 6.26 Å². The van der Waals surface area contributed by atoms with E-state index < -0.39 is 0 Å². The molecule has 0 spiro atoms. The summed E-state index contributed by atoms with van der Waals surface area (Å²) in [5.41, 5.74) is 6.92. The molecule has 0 saturated heterocycles. The topological polar surface area (TPSA) is 35.2 Å². The van der Waals surface area contributed by atoms with Crippen LogP contribution in [0, 0.1) is 5.92 Å². The Bertz CT molecular complexity index is 386. The van der Waals surface area contributed by atoms with E-state index in [1.165, 1.54) is 5.56 Å². The first-order valence-electron chi connectivity index (χ1n) is 5.87. The van der Waals surface area contributed by atoms with Crippen molar-refractivity contribution in [2.45, 2.75) is 12.3 Å². The minimum Gasteiger partial charge on any atom is -0.492 e. The zero-order chi connectivity index (χ0) is 12.3. The van der Waals surface area contributed by atoms with Gasteiger partial charge in [0.1, 0.15) is 5.75 Å². The van der Waals surface area contributed by atoms with Crippen LogP contribution in [0.2, 0.25) is 5.02 Å². The number of ether oxygens (including phenoxy) is 1. The summed E-state index contributed by atoms with van der Waals surface area (Å²) in [6, 6.07) is 5.89. The predicted molar refractivity (Wildman–Crippen MR) is 75.2 cm³/mol. The molecular weight excluding hydrogens is 254 g/mol. The molecule has 1 aliphatic rings. The molecule has 0 unspecified atom stereocenters.